The molecule has 6 nitrogen and oxygen atoms in total. The minimum atomic E-state index is 0.112. The maximum Gasteiger partial charge on any atom is 0.162 e. The molecule has 0 radical (unpaired) electrons. The van der Waals surface area contributed by atoms with Gasteiger partial charge in [0, 0.05) is 55.5 Å². The highest BCUT2D eigenvalue weighted by atomic mass is 16.1. The lowest BCUT2D eigenvalue weighted by atomic mass is 9.94. The topological polar surface area (TPSA) is 52.0 Å². The van der Waals surface area contributed by atoms with Gasteiger partial charge in [0.2, 0.25) is 0 Å². The molecule has 204 valence electrons. The zero-order chi connectivity index (χ0) is 26.6. The van der Waals surface area contributed by atoms with E-state index in [1.807, 2.05) is 12.3 Å². The van der Waals surface area contributed by atoms with Crippen LogP contribution in [0.15, 0.2) is 35.5 Å². The zero-order valence-corrected chi connectivity index (χ0v) is 23.9. The molecule has 38 heavy (non-hydrogen) atoms. The number of aryl methyl sites for hydroxylation is 2. The summed E-state index contributed by atoms with van der Waals surface area (Å²) in [6.07, 6.45) is 9.65. The Kier molecular flexibility index (Phi) is 8.59. The Bertz CT molecular complexity index is 1150. The Hall–Kier alpha value is -2.57. The van der Waals surface area contributed by atoms with Gasteiger partial charge in [-0.1, -0.05) is 26.3 Å². The largest absolute Gasteiger partial charge is 0.354 e. The number of likely N-dealkylation sites (tertiary alicyclic amines) is 1. The molecular formula is C32H45N5O. The second kappa shape index (κ2) is 12.1. The van der Waals surface area contributed by atoms with E-state index in [2.05, 4.69) is 53.8 Å². The van der Waals surface area contributed by atoms with Gasteiger partial charge in [0.05, 0.1) is 11.4 Å². The van der Waals surface area contributed by atoms with Gasteiger partial charge < -0.3 is 9.80 Å². The molecule has 2 aromatic rings. The van der Waals surface area contributed by atoms with Crippen molar-refractivity contribution in [1.82, 2.24) is 14.8 Å². The van der Waals surface area contributed by atoms with Gasteiger partial charge in [0.15, 0.2) is 5.78 Å². The number of benzene rings is 1. The molecule has 0 amide bonds. The van der Waals surface area contributed by atoms with Crippen LogP contribution in [0.25, 0.3) is 0 Å². The van der Waals surface area contributed by atoms with Crippen molar-refractivity contribution in [3.8, 4) is 0 Å². The lowest BCUT2D eigenvalue weighted by Gasteiger charge is -2.42. The van der Waals surface area contributed by atoms with Gasteiger partial charge in [-0.25, -0.2) is 4.98 Å². The van der Waals surface area contributed by atoms with Crippen LogP contribution < -0.4 is 4.90 Å². The first-order chi connectivity index (χ1) is 18.5. The molecule has 0 atom stereocenters. The normalized spacial score (nSPS) is 20.2. The van der Waals surface area contributed by atoms with Gasteiger partial charge in [0.25, 0.3) is 0 Å². The molecule has 0 unspecified atom stereocenters. The smallest absolute Gasteiger partial charge is 0.162 e. The number of anilines is 1. The van der Waals surface area contributed by atoms with Crippen molar-refractivity contribution >= 4 is 23.0 Å². The summed E-state index contributed by atoms with van der Waals surface area (Å²) < 4.78 is 0. The average Bonchev–Trinajstić information content (AvgIpc) is 3.77. The molecule has 1 aromatic heterocycles. The molecule has 2 aliphatic heterocycles. The molecule has 1 aromatic carbocycles. The number of aromatic nitrogens is 1. The Balaban J connectivity index is 1.45. The van der Waals surface area contributed by atoms with Crippen LogP contribution >= 0.6 is 0 Å². The number of carbonyl (C=O) groups is 1. The highest BCUT2D eigenvalue weighted by molar-refractivity contribution is 6.10. The lowest BCUT2D eigenvalue weighted by Crippen LogP contribution is -2.53. The number of Topliss-reactive ketones (excluding diaryl/α,β-unsaturated/α-hetero) is 1. The van der Waals surface area contributed by atoms with E-state index in [-0.39, 0.29) is 5.78 Å². The summed E-state index contributed by atoms with van der Waals surface area (Å²) in [6, 6.07) is 9.33. The Labute approximate surface area is 229 Å². The maximum atomic E-state index is 12.9. The molecule has 2 saturated heterocycles. The Morgan fingerprint density at radius 2 is 1.76 bits per heavy atom. The SMILES string of the molecule is CCCc1cc(CC)cc(N=C(c2cccnc2N2CCN(C3CCN(C)CC3)CC2)C2CC2)c1C(C)=O. The van der Waals surface area contributed by atoms with Crippen LogP contribution in [-0.4, -0.2) is 78.6 Å². The summed E-state index contributed by atoms with van der Waals surface area (Å²) in [5.74, 6) is 1.62. The van der Waals surface area contributed by atoms with Crippen molar-refractivity contribution in [3.63, 3.8) is 0 Å². The van der Waals surface area contributed by atoms with Crippen LogP contribution in [0, 0.1) is 5.92 Å². The highest BCUT2D eigenvalue weighted by Gasteiger charge is 2.33. The minimum Gasteiger partial charge on any atom is -0.354 e. The van der Waals surface area contributed by atoms with E-state index in [4.69, 9.17) is 9.98 Å². The van der Waals surface area contributed by atoms with Gasteiger partial charge in [-0.05, 0) is 94.9 Å². The third-order valence-corrected chi connectivity index (χ3v) is 8.62. The number of carbonyl (C=O) groups excluding carboxylic acids is 1. The van der Waals surface area contributed by atoms with Gasteiger partial charge in [0.1, 0.15) is 5.82 Å². The van der Waals surface area contributed by atoms with E-state index in [9.17, 15) is 4.79 Å². The molecular weight excluding hydrogens is 470 g/mol. The fourth-order valence-corrected chi connectivity index (χ4v) is 6.28. The number of aliphatic imine (C=N–C) groups is 1. The molecule has 3 fully saturated rings. The van der Waals surface area contributed by atoms with Crippen molar-refractivity contribution in [2.75, 3.05) is 51.2 Å². The Morgan fingerprint density at radius 1 is 1.03 bits per heavy atom. The number of nitrogens with zero attached hydrogens (tertiary/aromatic N) is 5. The number of hydrogen-bond donors (Lipinski definition) is 0. The second-order valence-corrected chi connectivity index (χ2v) is 11.5. The van der Waals surface area contributed by atoms with E-state index < -0.39 is 0 Å². The van der Waals surface area contributed by atoms with Crippen molar-refractivity contribution in [3.05, 3.63) is 52.7 Å². The standard InChI is InChI=1S/C32H45N5O/c1-5-8-26-21-24(6-2)22-29(30(26)23(3)38)34-31(25-10-11-25)28-9-7-14-33-32(28)37-19-17-36(18-20-37)27-12-15-35(4)16-13-27/h7,9,14,21-22,25,27H,5-6,8,10-13,15-20H2,1-4H3. The summed E-state index contributed by atoms with van der Waals surface area (Å²) in [7, 11) is 2.23. The summed E-state index contributed by atoms with van der Waals surface area (Å²) in [6.45, 7) is 12.6. The van der Waals surface area contributed by atoms with Crippen LogP contribution in [0.5, 0.6) is 0 Å². The van der Waals surface area contributed by atoms with Crippen molar-refractivity contribution < 1.29 is 4.79 Å². The highest BCUT2D eigenvalue weighted by Crippen LogP contribution is 2.39. The Morgan fingerprint density at radius 3 is 2.39 bits per heavy atom. The number of rotatable bonds is 9. The fourth-order valence-electron chi connectivity index (χ4n) is 6.28. The quantitative estimate of drug-likeness (QED) is 0.324. The molecule has 0 bridgehead atoms. The van der Waals surface area contributed by atoms with Gasteiger partial charge in [-0.3, -0.25) is 14.7 Å². The number of hydrogen-bond acceptors (Lipinski definition) is 6. The number of pyridine rings is 1. The summed E-state index contributed by atoms with van der Waals surface area (Å²) in [5.41, 5.74) is 6.32. The van der Waals surface area contributed by atoms with E-state index in [1.165, 1.54) is 31.5 Å². The maximum absolute atomic E-state index is 12.9. The second-order valence-electron chi connectivity index (χ2n) is 11.5. The number of piperidine rings is 1. The third-order valence-electron chi connectivity index (χ3n) is 8.62. The molecule has 1 saturated carbocycles. The van der Waals surface area contributed by atoms with E-state index in [0.717, 1.165) is 92.2 Å². The minimum absolute atomic E-state index is 0.112. The first-order valence-corrected chi connectivity index (χ1v) is 14.9. The van der Waals surface area contributed by atoms with Crippen LogP contribution in [0.2, 0.25) is 0 Å². The first-order valence-electron chi connectivity index (χ1n) is 14.9. The average molecular weight is 516 g/mol. The number of piperazine rings is 1. The first kappa shape index (κ1) is 27.0. The summed E-state index contributed by atoms with van der Waals surface area (Å²) in [5, 5.41) is 0. The molecule has 1 aliphatic carbocycles. The van der Waals surface area contributed by atoms with Crippen molar-refractivity contribution in [1.29, 1.82) is 0 Å². The molecule has 5 rings (SSSR count). The van der Waals surface area contributed by atoms with Crippen LogP contribution in [-0.2, 0) is 12.8 Å². The molecule has 3 aliphatic rings. The monoisotopic (exact) mass is 515 g/mol. The van der Waals surface area contributed by atoms with Crippen molar-refractivity contribution in [2.45, 2.75) is 71.8 Å². The summed E-state index contributed by atoms with van der Waals surface area (Å²) in [4.78, 5) is 30.7. The van der Waals surface area contributed by atoms with Crippen LogP contribution in [0.3, 0.4) is 0 Å². The van der Waals surface area contributed by atoms with E-state index in [0.29, 0.717) is 12.0 Å². The molecule has 3 heterocycles. The zero-order valence-electron chi connectivity index (χ0n) is 23.9. The van der Waals surface area contributed by atoms with Gasteiger partial charge >= 0.3 is 0 Å². The predicted octanol–water partition coefficient (Wildman–Crippen LogP) is 5.55. The summed E-state index contributed by atoms with van der Waals surface area (Å²) >= 11 is 0. The van der Waals surface area contributed by atoms with Crippen LogP contribution in [0.4, 0.5) is 11.5 Å². The van der Waals surface area contributed by atoms with E-state index >= 15 is 0 Å². The predicted molar refractivity (Wildman–Crippen MR) is 157 cm³/mol. The third kappa shape index (κ3) is 6.02. The molecule has 6 heteroatoms. The molecule has 0 N–H and O–H groups in total. The fraction of sp³-hybridized carbons (Fsp3) is 0.594. The van der Waals surface area contributed by atoms with Crippen LogP contribution in [0.1, 0.15) is 79.9 Å². The molecule has 0 spiro atoms. The lowest BCUT2D eigenvalue weighted by molar-refractivity contribution is 0.101. The van der Waals surface area contributed by atoms with E-state index in [1.54, 1.807) is 6.92 Å². The number of ketones is 1. The van der Waals surface area contributed by atoms with Gasteiger partial charge in [-0.2, -0.15) is 0 Å². The van der Waals surface area contributed by atoms with Crippen molar-refractivity contribution in [2.24, 2.45) is 10.9 Å². The van der Waals surface area contributed by atoms with Gasteiger partial charge in [-0.15, -0.1) is 0 Å².